The molecule has 0 radical (unpaired) electrons. The Hall–Kier alpha value is -1.71. The van der Waals surface area contributed by atoms with Crippen molar-refractivity contribution in [2.24, 2.45) is 5.92 Å². The van der Waals surface area contributed by atoms with E-state index in [0.717, 1.165) is 43.9 Å². The molecule has 0 aliphatic carbocycles. The Labute approximate surface area is 149 Å². The Balaban J connectivity index is 1.40. The number of rotatable bonds is 6. The van der Waals surface area contributed by atoms with E-state index in [-0.39, 0.29) is 5.38 Å². The number of hydrogen-bond acceptors (Lipinski definition) is 3. The summed E-state index contributed by atoms with van der Waals surface area (Å²) in [6.45, 7) is 3.84. The maximum atomic E-state index is 6.68. The number of piperidine rings is 1. The van der Waals surface area contributed by atoms with Crippen molar-refractivity contribution in [3.63, 3.8) is 0 Å². The minimum atomic E-state index is 0.124. The van der Waals surface area contributed by atoms with Crippen LogP contribution in [0.1, 0.15) is 23.8 Å². The zero-order valence-corrected chi connectivity index (χ0v) is 14.7. The van der Waals surface area contributed by atoms with Gasteiger partial charge in [0, 0.05) is 12.2 Å². The predicted octanol–water partition coefficient (Wildman–Crippen LogP) is 4.34. The summed E-state index contributed by atoms with van der Waals surface area (Å²) in [4.78, 5) is 2.46. The van der Waals surface area contributed by atoms with Crippen LogP contribution in [0.15, 0.2) is 54.6 Å². The van der Waals surface area contributed by atoms with Gasteiger partial charge >= 0.3 is 0 Å². The van der Waals surface area contributed by atoms with E-state index < -0.39 is 0 Å². The van der Waals surface area contributed by atoms with E-state index in [0.29, 0.717) is 12.5 Å². The first-order valence-corrected chi connectivity index (χ1v) is 9.06. The first-order chi connectivity index (χ1) is 11.7. The van der Waals surface area contributed by atoms with Crippen molar-refractivity contribution < 1.29 is 4.74 Å². The van der Waals surface area contributed by atoms with Crippen LogP contribution in [0.4, 0.5) is 5.69 Å². The van der Waals surface area contributed by atoms with Gasteiger partial charge in [-0.25, -0.2) is 0 Å². The van der Waals surface area contributed by atoms with Crippen LogP contribution < -0.4 is 10.5 Å². The summed E-state index contributed by atoms with van der Waals surface area (Å²) < 4.78 is 5.78. The Morgan fingerprint density at radius 1 is 1.04 bits per heavy atom. The molecular weight excluding hydrogens is 320 g/mol. The van der Waals surface area contributed by atoms with Gasteiger partial charge in [-0.05, 0) is 61.7 Å². The average molecular weight is 345 g/mol. The van der Waals surface area contributed by atoms with Gasteiger partial charge in [-0.1, -0.05) is 30.3 Å². The van der Waals surface area contributed by atoms with Gasteiger partial charge in [0.2, 0.25) is 0 Å². The number of alkyl halides is 1. The average Bonchev–Trinajstić information content (AvgIpc) is 2.64. The van der Waals surface area contributed by atoms with Crippen LogP contribution in [-0.2, 0) is 0 Å². The third-order valence-electron chi connectivity index (χ3n) is 4.72. The maximum Gasteiger partial charge on any atom is 0.119 e. The maximum absolute atomic E-state index is 6.68. The van der Waals surface area contributed by atoms with Gasteiger partial charge in [0.05, 0.1) is 5.38 Å². The highest BCUT2D eigenvalue weighted by Gasteiger charge is 2.26. The van der Waals surface area contributed by atoms with E-state index in [9.17, 15) is 0 Å². The molecule has 1 aliphatic rings. The fraction of sp³-hybridized carbons (Fsp3) is 0.400. The van der Waals surface area contributed by atoms with Crippen molar-refractivity contribution in [2.75, 3.05) is 32.0 Å². The molecule has 1 heterocycles. The number of nitrogens with zero attached hydrogens (tertiary/aromatic N) is 1. The van der Waals surface area contributed by atoms with Crippen LogP contribution in [0.3, 0.4) is 0 Å². The zero-order valence-electron chi connectivity index (χ0n) is 13.9. The molecule has 3 nitrogen and oxygen atoms in total. The highest BCUT2D eigenvalue weighted by atomic mass is 35.5. The van der Waals surface area contributed by atoms with Gasteiger partial charge in [-0.2, -0.15) is 0 Å². The molecule has 2 aromatic rings. The monoisotopic (exact) mass is 344 g/mol. The van der Waals surface area contributed by atoms with Gasteiger partial charge in [-0.3, -0.25) is 4.90 Å². The van der Waals surface area contributed by atoms with Gasteiger partial charge in [-0.15, -0.1) is 11.6 Å². The summed E-state index contributed by atoms with van der Waals surface area (Å²) in [5.41, 5.74) is 7.68. The van der Waals surface area contributed by atoms with E-state index >= 15 is 0 Å². The fourth-order valence-electron chi connectivity index (χ4n) is 3.23. The molecule has 0 bridgehead atoms. The summed E-state index contributed by atoms with van der Waals surface area (Å²) >= 11 is 6.68. The van der Waals surface area contributed by atoms with Gasteiger partial charge in [0.15, 0.2) is 0 Å². The van der Waals surface area contributed by atoms with E-state index in [2.05, 4.69) is 29.2 Å². The number of anilines is 1. The molecule has 3 rings (SSSR count). The lowest BCUT2D eigenvalue weighted by Crippen LogP contribution is -2.37. The molecule has 2 aromatic carbocycles. The van der Waals surface area contributed by atoms with Crippen molar-refractivity contribution in [2.45, 2.75) is 18.2 Å². The second-order valence-corrected chi connectivity index (χ2v) is 6.88. The van der Waals surface area contributed by atoms with E-state index in [4.69, 9.17) is 22.1 Å². The number of nitrogen functional groups attached to an aromatic ring is 1. The van der Waals surface area contributed by atoms with E-state index in [1.54, 1.807) is 0 Å². The number of ether oxygens (including phenoxy) is 1. The predicted molar refractivity (Wildman–Crippen MR) is 101 cm³/mol. The smallest absolute Gasteiger partial charge is 0.119 e. The van der Waals surface area contributed by atoms with Crippen molar-refractivity contribution in [1.29, 1.82) is 0 Å². The Kier molecular flexibility index (Phi) is 6.00. The highest BCUT2D eigenvalue weighted by Crippen LogP contribution is 2.35. The molecule has 0 spiro atoms. The fourth-order valence-corrected chi connectivity index (χ4v) is 3.63. The number of benzene rings is 2. The van der Waals surface area contributed by atoms with Crippen LogP contribution in [0.2, 0.25) is 0 Å². The number of halogens is 1. The van der Waals surface area contributed by atoms with E-state index in [1.807, 2.05) is 30.3 Å². The molecule has 2 N–H and O–H groups in total. The van der Waals surface area contributed by atoms with Gasteiger partial charge in [0.25, 0.3) is 0 Å². The lowest BCUT2D eigenvalue weighted by Gasteiger charge is -2.34. The van der Waals surface area contributed by atoms with Crippen LogP contribution in [0.25, 0.3) is 0 Å². The van der Waals surface area contributed by atoms with Crippen LogP contribution in [0.5, 0.6) is 5.75 Å². The molecule has 1 fully saturated rings. The normalized spacial score (nSPS) is 17.5. The SMILES string of the molecule is Nc1ccc(OCCN2CCC(C(Cl)c3ccccc3)CC2)cc1. The molecule has 128 valence electrons. The largest absolute Gasteiger partial charge is 0.492 e. The molecule has 1 atom stereocenters. The van der Waals surface area contributed by atoms with E-state index in [1.165, 1.54) is 5.56 Å². The van der Waals surface area contributed by atoms with Crippen molar-refractivity contribution >= 4 is 17.3 Å². The summed E-state index contributed by atoms with van der Waals surface area (Å²) in [5.74, 6) is 1.44. The number of hydrogen-bond donors (Lipinski definition) is 1. The summed E-state index contributed by atoms with van der Waals surface area (Å²) in [6, 6.07) is 18.0. The molecule has 1 unspecified atom stereocenters. The third-order valence-corrected chi connectivity index (χ3v) is 5.33. The third kappa shape index (κ3) is 4.65. The van der Waals surface area contributed by atoms with Crippen molar-refractivity contribution in [1.82, 2.24) is 4.90 Å². The molecule has 24 heavy (non-hydrogen) atoms. The molecule has 0 saturated carbocycles. The molecule has 1 aliphatic heterocycles. The molecule has 1 saturated heterocycles. The lowest BCUT2D eigenvalue weighted by molar-refractivity contribution is 0.153. The van der Waals surface area contributed by atoms with Crippen molar-refractivity contribution in [3.8, 4) is 5.75 Å². The van der Waals surface area contributed by atoms with Gasteiger partial charge < -0.3 is 10.5 Å². The second-order valence-electron chi connectivity index (χ2n) is 6.41. The zero-order chi connectivity index (χ0) is 16.8. The lowest BCUT2D eigenvalue weighted by atomic mass is 9.89. The summed E-state index contributed by atoms with van der Waals surface area (Å²) in [7, 11) is 0. The molecular formula is C20H25ClN2O. The quantitative estimate of drug-likeness (QED) is 0.625. The van der Waals surface area contributed by atoms with Crippen molar-refractivity contribution in [3.05, 3.63) is 60.2 Å². The summed E-state index contributed by atoms with van der Waals surface area (Å²) in [6.07, 6.45) is 2.29. The Bertz CT molecular complexity index is 609. The second kappa shape index (κ2) is 8.41. The molecule has 4 heteroatoms. The molecule has 0 amide bonds. The standard InChI is InChI=1S/C20H25ClN2O/c21-20(16-4-2-1-3-5-16)17-10-12-23(13-11-17)14-15-24-19-8-6-18(22)7-9-19/h1-9,17,20H,10-15,22H2. The summed E-state index contributed by atoms with van der Waals surface area (Å²) in [5, 5.41) is 0.124. The minimum absolute atomic E-state index is 0.124. The first kappa shape index (κ1) is 17.1. The minimum Gasteiger partial charge on any atom is -0.492 e. The van der Waals surface area contributed by atoms with Gasteiger partial charge in [0.1, 0.15) is 12.4 Å². The highest BCUT2D eigenvalue weighted by molar-refractivity contribution is 6.21. The first-order valence-electron chi connectivity index (χ1n) is 8.62. The topological polar surface area (TPSA) is 38.5 Å². The Morgan fingerprint density at radius 3 is 2.38 bits per heavy atom. The number of nitrogens with two attached hydrogens (primary N) is 1. The van der Waals surface area contributed by atoms with Crippen LogP contribution in [-0.4, -0.2) is 31.1 Å². The van der Waals surface area contributed by atoms with Crippen LogP contribution in [0, 0.1) is 5.92 Å². The van der Waals surface area contributed by atoms with Crippen LogP contribution >= 0.6 is 11.6 Å². The molecule has 0 aromatic heterocycles. The Morgan fingerprint density at radius 2 is 1.71 bits per heavy atom. The number of likely N-dealkylation sites (tertiary alicyclic amines) is 1.